The first kappa shape index (κ1) is 35.7. The van der Waals surface area contributed by atoms with Gasteiger partial charge in [-0.05, 0) is 111 Å². The Labute approximate surface area is 298 Å². The molecule has 3 saturated heterocycles. The number of cyclic esters (lactones) is 1. The van der Waals surface area contributed by atoms with Crippen molar-refractivity contribution in [3.8, 4) is 0 Å². The zero-order valence-electron chi connectivity index (χ0n) is 31.7. The molecule has 50 heavy (non-hydrogen) atoms. The highest BCUT2D eigenvalue weighted by atomic mass is 16.7. The van der Waals surface area contributed by atoms with Crippen molar-refractivity contribution in [3.05, 3.63) is 0 Å². The topological polar surface area (TPSA) is 124 Å². The molecule has 8 fully saturated rings. The van der Waals surface area contributed by atoms with E-state index in [-0.39, 0.29) is 69.4 Å². The van der Waals surface area contributed by atoms with E-state index in [4.69, 9.17) is 23.7 Å². The largest absolute Gasteiger partial charge is 0.464 e. The van der Waals surface area contributed by atoms with E-state index in [9.17, 15) is 19.8 Å². The van der Waals surface area contributed by atoms with Gasteiger partial charge in [-0.2, -0.15) is 0 Å². The van der Waals surface area contributed by atoms with Crippen LogP contribution in [0.3, 0.4) is 0 Å². The fraction of sp³-hybridized carbons (Fsp3) is 0.950. The molecule has 5 saturated carbocycles. The molecule has 2 N–H and O–H groups in total. The van der Waals surface area contributed by atoms with Gasteiger partial charge < -0.3 is 33.9 Å². The van der Waals surface area contributed by atoms with E-state index in [1.165, 1.54) is 19.8 Å². The lowest BCUT2D eigenvalue weighted by Gasteiger charge is -2.64. The molecule has 0 aromatic heterocycles. The summed E-state index contributed by atoms with van der Waals surface area (Å²) in [6.07, 6.45) is 6.81. The Morgan fingerprint density at radius 2 is 1.74 bits per heavy atom. The van der Waals surface area contributed by atoms with Crippen molar-refractivity contribution in [1.29, 1.82) is 0 Å². The molecule has 0 aromatic carbocycles. The summed E-state index contributed by atoms with van der Waals surface area (Å²) >= 11 is 0. The van der Waals surface area contributed by atoms with Crippen LogP contribution < -0.4 is 0 Å². The van der Waals surface area contributed by atoms with E-state index in [1.54, 1.807) is 13.8 Å². The predicted molar refractivity (Wildman–Crippen MR) is 184 cm³/mol. The van der Waals surface area contributed by atoms with Crippen LogP contribution in [-0.2, 0) is 33.3 Å². The molecule has 10 heteroatoms. The van der Waals surface area contributed by atoms with Crippen molar-refractivity contribution in [2.45, 2.75) is 162 Å². The Hall–Kier alpha value is -1.30. The van der Waals surface area contributed by atoms with Crippen molar-refractivity contribution in [3.63, 3.8) is 0 Å². The molecule has 10 nitrogen and oxygen atoms in total. The lowest BCUT2D eigenvalue weighted by Crippen LogP contribution is -2.60. The van der Waals surface area contributed by atoms with Crippen molar-refractivity contribution in [1.82, 2.24) is 4.90 Å². The summed E-state index contributed by atoms with van der Waals surface area (Å²) in [4.78, 5) is 26.6. The highest BCUT2D eigenvalue weighted by molar-refractivity contribution is 5.77. The first-order chi connectivity index (χ1) is 23.4. The standard InChI is InChI=1S/C40H63NO9/c1-22-19-25(33(36(5,6)45)48-23(2)42)49-31-30(22)37(7)14-15-40-21-39(40)13-11-28(35(3,4)26(39)9-10-27(40)38(37,8)32(31)43)50-29-20-41(16-18-46-29)24-12-17-47-34(24)44/h22,24-33,43,45H,9-21H2,1-8H3/t22-,24?,25-,26+,27+,28+,29+,30?,31+,32+,33+,37-,38-,39-,40+/m1/s1. The molecule has 282 valence electrons. The second-order valence-electron chi connectivity index (χ2n) is 19.6. The highest BCUT2D eigenvalue weighted by Crippen LogP contribution is 2.89. The SMILES string of the molecule is CC(=O)O[C@@H]([C@H]1C[C@@H](C)C2[C@H](O1)[C@H](O)[C@@]1(C)[C@@H]3CC[C@H]4C(C)(C)[C@@H](O[C@H]5CN(C6CCOC6=O)CCO5)CC[C@@]45C[C@@]35CC[C@]21C)C(C)(C)O. The number of morpholine rings is 1. The number of aliphatic hydroxyl groups is 2. The van der Waals surface area contributed by atoms with Gasteiger partial charge in [0.2, 0.25) is 0 Å². The molecule has 8 aliphatic rings. The van der Waals surface area contributed by atoms with Crippen LogP contribution in [0.4, 0.5) is 0 Å². The third-order valence-corrected chi connectivity index (χ3v) is 16.8. The number of fused-ring (bicyclic) bond motifs is 4. The van der Waals surface area contributed by atoms with Crippen LogP contribution in [0.15, 0.2) is 0 Å². The lowest BCUT2D eigenvalue weighted by atomic mass is 9.41. The molecule has 2 unspecified atom stereocenters. The van der Waals surface area contributed by atoms with Gasteiger partial charge >= 0.3 is 11.9 Å². The van der Waals surface area contributed by atoms with Crippen molar-refractivity contribution in [2.24, 2.45) is 50.7 Å². The van der Waals surface area contributed by atoms with Crippen molar-refractivity contribution in [2.75, 3.05) is 26.3 Å². The summed E-state index contributed by atoms with van der Waals surface area (Å²) in [7, 11) is 0. The summed E-state index contributed by atoms with van der Waals surface area (Å²) in [5.41, 5.74) is -1.19. The lowest BCUT2D eigenvalue weighted by molar-refractivity contribution is -0.250. The zero-order valence-corrected chi connectivity index (χ0v) is 31.7. The average Bonchev–Trinajstić information content (AvgIpc) is 3.44. The zero-order chi connectivity index (χ0) is 35.8. The van der Waals surface area contributed by atoms with E-state index in [0.29, 0.717) is 38.0 Å². The average molecular weight is 702 g/mol. The van der Waals surface area contributed by atoms with Crippen molar-refractivity contribution >= 4 is 11.9 Å². The van der Waals surface area contributed by atoms with Crippen LogP contribution in [0.1, 0.15) is 113 Å². The van der Waals surface area contributed by atoms with Gasteiger partial charge in [-0.25, -0.2) is 0 Å². The first-order valence-corrected chi connectivity index (χ1v) is 19.8. The summed E-state index contributed by atoms with van der Waals surface area (Å²) in [5.74, 6) is 0.853. The van der Waals surface area contributed by atoms with Gasteiger partial charge in [-0.15, -0.1) is 0 Å². The normalized spacial score (nSPS) is 51.7. The number of aliphatic hydroxyl groups excluding tert-OH is 1. The van der Waals surface area contributed by atoms with Gasteiger partial charge in [0.1, 0.15) is 6.04 Å². The minimum atomic E-state index is -1.27. The van der Waals surface area contributed by atoms with Crippen LogP contribution in [-0.4, -0.2) is 102 Å². The third-order valence-electron chi connectivity index (χ3n) is 16.8. The predicted octanol–water partition coefficient (Wildman–Crippen LogP) is 4.86. The van der Waals surface area contributed by atoms with Gasteiger partial charge in [0.05, 0.1) is 49.8 Å². The van der Waals surface area contributed by atoms with Gasteiger partial charge in [-0.3, -0.25) is 14.5 Å². The minimum absolute atomic E-state index is 0.0255. The third kappa shape index (κ3) is 4.79. The second kappa shape index (κ2) is 11.6. The van der Waals surface area contributed by atoms with Crippen LogP contribution >= 0.6 is 0 Å². The Bertz CT molecular complexity index is 1380. The van der Waals surface area contributed by atoms with Gasteiger partial charge in [0.15, 0.2) is 12.4 Å². The van der Waals surface area contributed by atoms with Crippen LogP contribution in [0.5, 0.6) is 0 Å². The van der Waals surface area contributed by atoms with E-state index in [0.717, 1.165) is 45.1 Å². The molecule has 0 aromatic rings. The van der Waals surface area contributed by atoms with E-state index < -0.39 is 29.9 Å². The molecule has 2 spiro atoms. The van der Waals surface area contributed by atoms with Crippen molar-refractivity contribution < 1.29 is 43.5 Å². The minimum Gasteiger partial charge on any atom is -0.464 e. The maximum Gasteiger partial charge on any atom is 0.323 e. The Kier molecular flexibility index (Phi) is 8.29. The van der Waals surface area contributed by atoms with Crippen LogP contribution in [0.2, 0.25) is 0 Å². The maximum absolute atomic E-state index is 12.6. The number of rotatable bonds is 6. The number of hydrogen-bond donors (Lipinski definition) is 2. The van der Waals surface area contributed by atoms with Gasteiger partial charge in [0.25, 0.3) is 0 Å². The van der Waals surface area contributed by atoms with Crippen LogP contribution in [0.25, 0.3) is 0 Å². The van der Waals surface area contributed by atoms with Gasteiger partial charge in [0, 0.05) is 25.3 Å². The van der Waals surface area contributed by atoms with E-state index in [1.807, 2.05) is 0 Å². The van der Waals surface area contributed by atoms with E-state index >= 15 is 0 Å². The second-order valence-corrected chi connectivity index (χ2v) is 19.6. The molecule has 15 atom stereocenters. The van der Waals surface area contributed by atoms with Crippen LogP contribution in [0, 0.1) is 50.7 Å². The highest BCUT2D eigenvalue weighted by Gasteiger charge is 2.84. The molecule has 8 rings (SSSR count). The number of carbonyl (C=O) groups excluding carboxylic acids is 2. The number of ether oxygens (including phenoxy) is 5. The molecule has 0 bridgehead atoms. The molecule has 3 heterocycles. The van der Waals surface area contributed by atoms with Gasteiger partial charge in [-0.1, -0.05) is 34.6 Å². The Balaban J connectivity index is 1.02. The maximum atomic E-state index is 12.6. The number of nitrogens with zero attached hydrogens (tertiary/aromatic N) is 1. The molecular weight excluding hydrogens is 638 g/mol. The molecule has 3 aliphatic heterocycles. The summed E-state index contributed by atoms with van der Waals surface area (Å²) in [6, 6.07) is -0.182. The fourth-order valence-corrected chi connectivity index (χ4v) is 14.6. The first-order valence-electron chi connectivity index (χ1n) is 19.8. The summed E-state index contributed by atoms with van der Waals surface area (Å²) < 4.78 is 30.8. The monoisotopic (exact) mass is 701 g/mol. The molecule has 0 radical (unpaired) electrons. The molecular formula is C40H63NO9. The number of hydrogen-bond acceptors (Lipinski definition) is 10. The summed E-state index contributed by atoms with van der Waals surface area (Å²) in [5, 5.41) is 23.6. The van der Waals surface area contributed by atoms with E-state index in [2.05, 4.69) is 39.5 Å². The fourth-order valence-electron chi connectivity index (χ4n) is 14.6. The summed E-state index contributed by atoms with van der Waals surface area (Å²) in [6.45, 7) is 19.1. The smallest absolute Gasteiger partial charge is 0.323 e. The Morgan fingerprint density at radius 3 is 2.42 bits per heavy atom. The molecule has 5 aliphatic carbocycles. The Morgan fingerprint density at radius 1 is 1.02 bits per heavy atom. The number of esters is 2. The molecule has 0 amide bonds. The quantitative estimate of drug-likeness (QED) is 0.371. The number of carbonyl (C=O) groups is 2.